The van der Waals surface area contributed by atoms with Gasteiger partial charge in [-0.3, -0.25) is 13.9 Å². The van der Waals surface area contributed by atoms with Crippen LogP contribution in [0, 0.1) is 6.92 Å². The Hall–Kier alpha value is -3.08. The van der Waals surface area contributed by atoms with Crippen molar-refractivity contribution in [3.8, 4) is 0 Å². The fraction of sp³-hybridized carbons (Fsp3) is 0.417. The van der Waals surface area contributed by atoms with Crippen LogP contribution in [0.2, 0.25) is 0 Å². The maximum absolute atomic E-state index is 13.4. The van der Waals surface area contributed by atoms with Gasteiger partial charge in [-0.25, -0.2) is 8.42 Å². The number of carbonyl (C=O) groups excluding carboxylic acids is 2. The lowest BCUT2D eigenvalue weighted by Gasteiger charge is -2.32. The molecule has 2 amide bonds. The number of anilines is 1. The number of hydrogen-bond donors (Lipinski definition) is 1. The number of aryl methyl sites for hydroxylation is 1. The molecule has 2 aromatic carbocycles. The molecule has 2 aromatic rings. The summed E-state index contributed by atoms with van der Waals surface area (Å²) in [5.41, 5.74) is 0.262. The third-order valence-corrected chi connectivity index (χ3v) is 6.48. The molecular formula is C24H30F3N3O4S. The van der Waals surface area contributed by atoms with Gasteiger partial charge in [-0.15, -0.1) is 0 Å². The van der Waals surface area contributed by atoms with Crippen LogP contribution in [-0.2, 0) is 32.3 Å². The summed E-state index contributed by atoms with van der Waals surface area (Å²) in [6.07, 6.45) is -3.88. The lowest BCUT2D eigenvalue weighted by molar-refractivity contribution is -0.139. The summed E-state index contributed by atoms with van der Waals surface area (Å²) < 4.78 is 65.3. The molecule has 7 nitrogen and oxygen atoms in total. The molecule has 1 unspecified atom stereocenters. The smallest absolute Gasteiger partial charge is 0.352 e. The Morgan fingerprint density at radius 1 is 1.03 bits per heavy atom. The number of amides is 2. The molecule has 0 bridgehead atoms. The van der Waals surface area contributed by atoms with Gasteiger partial charge in [-0.05, 0) is 57.0 Å². The van der Waals surface area contributed by atoms with Crippen LogP contribution in [0.1, 0.15) is 37.5 Å². The minimum Gasteiger partial charge on any atom is -0.352 e. The SMILES string of the molecule is Cc1ccccc1CN(C(=O)CN(c1cccc(C(F)(F)F)c1)S(C)(=O)=O)C(C)C(=O)NC(C)C. The second kappa shape index (κ2) is 11.1. The Labute approximate surface area is 204 Å². The van der Waals surface area contributed by atoms with Gasteiger partial charge in [-0.2, -0.15) is 13.2 Å². The molecule has 0 saturated carbocycles. The minimum atomic E-state index is -4.69. The van der Waals surface area contributed by atoms with Crippen molar-refractivity contribution in [1.29, 1.82) is 0 Å². The molecule has 0 heterocycles. The molecule has 0 aromatic heterocycles. The minimum absolute atomic E-state index is 0.0123. The molecular weight excluding hydrogens is 483 g/mol. The number of halogens is 3. The van der Waals surface area contributed by atoms with E-state index in [2.05, 4.69) is 5.32 Å². The molecule has 0 fully saturated rings. The van der Waals surface area contributed by atoms with Crippen LogP contribution in [0.25, 0.3) is 0 Å². The fourth-order valence-electron chi connectivity index (χ4n) is 3.41. The molecule has 0 aliphatic rings. The number of benzene rings is 2. The Bertz CT molecular complexity index is 1170. The van der Waals surface area contributed by atoms with E-state index in [0.717, 1.165) is 29.5 Å². The maximum atomic E-state index is 13.4. The summed E-state index contributed by atoms with van der Waals surface area (Å²) in [5, 5.41) is 2.73. The highest BCUT2D eigenvalue weighted by Crippen LogP contribution is 2.32. The first kappa shape index (κ1) is 28.2. The molecule has 35 heavy (non-hydrogen) atoms. The summed E-state index contributed by atoms with van der Waals surface area (Å²) in [7, 11) is -4.14. The van der Waals surface area contributed by atoms with E-state index in [4.69, 9.17) is 0 Å². The molecule has 1 N–H and O–H groups in total. The van der Waals surface area contributed by atoms with E-state index >= 15 is 0 Å². The van der Waals surface area contributed by atoms with Gasteiger partial charge in [0.25, 0.3) is 0 Å². The second-order valence-corrected chi connectivity index (χ2v) is 10.5. The zero-order chi connectivity index (χ0) is 26.6. The van der Waals surface area contributed by atoms with Crippen molar-refractivity contribution in [2.45, 2.75) is 52.5 Å². The maximum Gasteiger partial charge on any atom is 0.416 e. The Kier molecular flexibility index (Phi) is 8.94. The van der Waals surface area contributed by atoms with E-state index in [0.29, 0.717) is 10.4 Å². The van der Waals surface area contributed by atoms with Crippen LogP contribution in [0.15, 0.2) is 48.5 Å². The Morgan fingerprint density at radius 3 is 2.20 bits per heavy atom. The van der Waals surface area contributed by atoms with Crippen molar-refractivity contribution in [3.05, 3.63) is 65.2 Å². The van der Waals surface area contributed by atoms with Gasteiger partial charge < -0.3 is 10.2 Å². The van der Waals surface area contributed by atoms with Crippen LogP contribution < -0.4 is 9.62 Å². The van der Waals surface area contributed by atoms with E-state index < -0.39 is 46.2 Å². The van der Waals surface area contributed by atoms with E-state index in [1.165, 1.54) is 17.9 Å². The molecule has 0 saturated heterocycles. The van der Waals surface area contributed by atoms with Crippen LogP contribution in [0.5, 0.6) is 0 Å². The van der Waals surface area contributed by atoms with Gasteiger partial charge >= 0.3 is 6.18 Å². The highest BCUT2D eigenvalue weighted by molar-refractivity contribution is 7.92. The predicted octanol–water partition coefficient (Wildman–Crippen LogP) is 3.72. The molecule has 0 aliphatic heterocycles. The third kappa shape index (κ3) is 7.71. The van der Waals surface area contributed by atoms with Gasteiger partial charge in [0, 0.05) is 12.6 Å². The average Bonchev–Trinajstić information content (AvgIpc) is 2.74. The molecule has 0 aliphatic carbocycles. The number of alkyl halides is 3. The summed E-state index contributed by atoms with van der Waals surface area (Å²) in [6.45, 7) is 6.11. The zero-order valence-electron chi connectivity index (χ0n) is 20.3. The molecule has 11 heteroatoms. The molecule has 0 spiro atoms. The van der Waals surface area contributed by atoms with E-state index in [1.54, 1.807) is 26.0 Å². The standard InChI is InChI=1S/C24H30F3N3O4S/c1-16(2)28-23(32)18(4)29(14-19-10-7-6-9-17(19)3)22(31)15-30(35(5,33)34)21-12-8-11-20(13-21)24(25,26)27/h6-13,16,18H,14-15H2,1-5H3,(H,28,32). The first-order chi connectivity index (χ1) is 16.1. The van der Waals surface area contributed by atoms with Gasteiger partial charge in [0.15, 0.2) is 0 Å². The predicted molar refractivity (Wildman–Crippen MR) is 128 cm³/mol. The highest BCUT2D eigenvalue weighted by atomic mass is 32.2. The number of rotatable bonds is 9. The van der Waals surface area contributed by atoms with Crippen LogP contribution in [0.3, 0.4) is 0 Å². The molecule has 0 radical (unpaired) electrons. The second-order valence-electron chi connectivity index (χ2n) is 8.61. The number of hydrogen-bond acceptors (Lipinski definition) is 4. The van der Waals surface area contributed by atoms with Gasteiger partial charge in [-0.1, -0.05) is 30.3 Å². The Balaban J connectivity index is 2.46. The number of nitrogens with zero attached hydrogens (tertiary/aromatic N) is 2. The highest BCUT2D eigenvalue weighted by Gasteiger charge is 2.33. The van der Waals surface area contributed by atoms with E-state index in [-0.39, 0.29) is 18.3 Å². The zero-order valence-corrected chi connectivity index (χ0v) is 21.1. The van der Waals surface area contributed by atoms with E-state index in [1.807, 2.05) is 19.1 Å². The van der Waals surface area contributed by atoms with Gasteiger partial charge in [0.1, 0.15) is 12.6 Å². The number of sulfonamides is 1. The van der Waals surface area contributed by atoms with Crippen molar-refractivity contribution in [2.24, 2.45) is 0 Å². The number of nitrogens with one attached hydrogen (secondary N) is 1. The fourth-order valence-corrected chi connectivity index (χ4v) is 4.25. The van der Waals surface area contributed by atoms with Crippen LogP contribution in [0.4, 0.5) is 18.9 Å². The van der Waals surface area contributed by atoms with Crippen molar-refractivity contribution < 1.29 is 31.2 Å². The van der Waals surface area contributed by atoms with E-state index in [9.17, 15) is 31.2 Å². The van der Waals surface area contributed by atoms with Gasteiger partial charge in [0.2, 0.25) is 21.8 Å². The van der Waals surface area contributed by atoms with Gasteiger partial charge in [0.05, 0.1) is 17.5 Å². The molecule has 2 rings (SSSR count). The number of carbonyl (C=O) groups is 2. The summed E-state index contributed by atoms with van der Waals surface area (Å²) in [6, 6.07) is 9.80. The first-order valence-electron chi connectivity index (χ1n) is 10.9. The lowest BCUT2D eigenvalue weighted by atomic mass is 10.1. The summed E-state index contributed by atoms with van der Waals surface area (Å²) in [5.74, 6) is -1.17. The quantitative estimate of drug-likeness (QED) is 0.554. The molecule has 1 atom stereocenters. The van der Waals surface area contributed by atoms with Crippen molar-refractivity contribution in [2.75, 3.05) is 17.1 Å². The molecule has 192 valence electrons. The first-order valence-corrected chi connectivity index (χ1v) is 12.8. The monoisotopic (exact) mass is 513 g/mol. The average molecular weight is 514 g/mol. The van der Waals surface area contributed by atoms with Crippen LogP contribution >= 0.6 is 0 Å². The third-order valence-electron chi connectivity index (χ3n) is 5.34. The van der Waals surface area contributed by atoms with Crippen molar-refractivity contribution in [3.63, 3.8) is 0 Å². The lowest BCUT2D eigenvalue weighted by Crippen LogP contribution is -2.52. The topological polar surface area (TPSA) is 86.8 Å². The Morgan fingerprint density at radius 2 is 1.66 bits per heavy atom. The van der Waals surface area contributed by atoms with Crippen molar-refractivity contribution >= 4 is 27.5 Å². The largest absolute Gasteiger partial charge is 0.416 e. The summed E-state index contributed by atoms with van der Waals surface area (Å²) >= 11 is 0. The van der Waals surface area contributed by atoms with Crippen LogP contribution in [-0.4, -0.2) is 50.0 Å². The normalized spacial score (nSPS) is 12.8. The summed E-state index contributed by atoms with van der Waals surface area (Å²) in [4.78, 5) is 27.4. The van der Waals surface area contributed by atoms with Crippen molar-refractivity contribution in [1.82, 2.24) is 10.2 Å².